The number of carbonyl (C=O) groups excluding carboxylic acids is 2. The first-order valence-electron chi connectivity index (χ1n) is 11.8. The zero-order chi connectivity index (χ0) is 24.4. The molecular weight excluding hydrogens is 440 g/mol. The van der Waals surface area contributed by atoms with Crippen molar-refractivity contribution in [1.29, 1.82) is 0 Å². The average molecular weight is 467 g/mol. The van der Waals surface area contributed by atoms with E-state index in [1.165, 1.54) is 0 Å². The van der Waals surface area contributed by atoms with E-state index in [9.17, 15) is 14.4 Å². The first-order valence-corrected chi connectivity index (χ1v) is 11.8. The lowest BCUT2D eigenvalue weighted by Gasteiger charge is -2.31. The van der Waals surface area contributed by atoms with Gasteiger partial charge >= 0.3 is 0 Å². The fourth-order valence-corrected chi connectivity index (χ4v) is 4.62. The molecule has 5 rings (SSSR count). The molecule has 1 aliphatic rings. The Morgan fingerprint density at radius 3 is 2.23 bits per heavy atom. The molecular formula is C29H26N2O4. The molecule has 0 saturated carbocycles. The van der Waals surface area contributed by atoms with Crippen molar-refractivity contribution in [2.45, 2.75) is 19.8 Å². The molecule has 0 radical (unpaired) electrons. The van der Waals surface area contributed by atoms with Gasteiger partial charge in [0.25, 0.3) is 5.91 Å². The Morgan fingerprint density at radius 2 is 1.54 bits per heavy atom. The van der Waals surface area contributed by atoms with Crippen LogP contribution in [0.4, 0.5) is 5.69 Å². The Balaban J connectivity index is 1.38. The number of nitrogens with one attached hydrogen (secondary N) is 1. The van der Waals surface area contributed by atoms with Crippen LogP contribution in [0, 0.1) is 12.8 Å². The summed E-state index contributed by atoms with van der Waals surface area (Å²) in [4.78, 5) is 41.0. The Morgan fingerprint density at radius 1 is 0.886 bits per heavy atom. The van der Waals surface area contributed by atoms with Gasteiger partial charge in [-0.1, -0.05) is 54.6 Å². The van der Waals surface area contributed by atoms with E-state index in [1.54, 1.807) is 30.0 Å². The lowest BCUT2D eigenvalue weighted by atomic mass is 9.95. The van der Waals surface area contributed by atoms with E-state index in [-0.39, 0.29) is 23.2 Å². The van der Waals surface area contributed by atoms with Crippen molar-refractivity contribution in [1.82, 2.24) is 4.90 Å². The number of anilines is 1. The van der Waals surface area contributed by atoms with Gasteiger partial charge in [0.05, 0.1) is 10.9 Å². The molecule has 1 fully saturated rings. The largest absolute Gasteiger partial charge is 0.455 e. The fourth-order valence-electron chi connectivity index (χ4n) is 4.62. The molecule has 1 aromatic heterocycles. The highest BCUT2D eigenvalue weighted by Crippen LogP contribution is 2.29. The van der Waals surface area contributed by atoms with Crippen LogP contribution in [0.1, 0.15) is 28.8 Å². The average Bonchev–Trinajstić information content (AvgIpc) is 2.91. The summed E-state index contributed by atoms with van der Waals surface area (Å²) in [5.74, 6) is 0.0997. The second-order valence-electron chi connectivity index (χ2n) is 8.86. The summed E-state index contributed by atoms with van der Waals surface area (Å²) in [7, 11) is 0. The van der Waals surface area contributed by atoms with Gasteiger partial charge in [-0.2, -0.15) is 0 Å². The predicted molar refractivity (Wildman–Crippen MR) is 136 cm³/mol. The predicted octanol–water partition coefficient (Wildman–Crippen LogP) is 5.26. The molecule has 0 aliphatic carbocycles. The number of hydrogen-bond donors (Lipinski definition) is 1. The first-order chi connectivity index (χ1) is 17.0. The summed E-state index contributed by atoms with van der Waals surface area (Å²) in [5.41, 5.74) is 2.59. The molecule has 1 N–H and O–H groups in total. The molecule has 0 atom stereocenters. The van der Waals surface area contributed by atoms with Crippen LogP contribution in [0.5, 0.6) is 0 Å². The highest BCUT2D eigenvalue weighted by molar-refractivity contribution is 6.05. The van der Waals surface area contributed by atoms with Crippen LogP contribution in [0.25, 0.3) is 22.3 Å². The zero-order valence-electron chi connectivity index (χ0n) is 19.5. The van der Waals surface area contributed by atoms with Gasteiger partial charge in [0, 0.05) is 35.8 Å². The smallest absolute Gasteiger partial charge is 0.257 e. The van der Waals surface area contributed by atoms with Crippen LogP contribution in [0.2, 0.25) is 0 Å². The van der Waals surface area contributed by atoms with Gasteiger partial charge in [0.2, 0.25) is 5.91 Å². The van der Waals surface area contributed by atoms with E-state index >= 15 is 0 Å². The quantitative estimate of drug-likeness (QED) is 0.445. The highest BCUT2D eigenvalue weighted by atomic mass is 16.3. The lowest BCUT2D eigenvalue weighted by molar-refractivity contribution is -0.121. The number of rotatable bonds is 4. The molecule has 1 saturated heterocycles. The van der Waals surface area contributed by atoms with Crippen molar-refractivity contribution in [3.8, 4) is 11.3 Å². The Kier molecular flexibility index (Phi) is 6.19. The van der Waals surface area contributed by atoms with Crippen molar-refractivity contribution < 1.29 is 14.0 Å². The molecule has 3 aromatic carbocycles. The van der Waals surface area contributed by atoms with Crippen LogP contribution < -0.4 is 10.7 Å². The summed E-state index contributed by atoms with van der Waals surface area (Å²) < 4.78 is 6.22. The molecule has 6 nitrogen and oxygen atoms in total. The molecule has 0 spiro atoms. The molecule has 0 unspecified atom stereocenters. The first kappa shape index (κ1) is 22.6. The number of hydrogen-bond acceptors (Lipinski definition) is 4. The van der Waals surface area contributed by atoms with Gasteiger partial charge in [-0.15, -0.1) is 0 Å². The van der Waals surface area contributed by atoms with Gasteiger partial charge in [-0.3, -0.25) is 14.4 Å². The van der Waals surface area contributed by atoms with E-state index in [2.05, 4.69) is 5.32 Å². The van der Waals surface area contributed by atoms with E-state index in [1.807, 2.05) is 60.7 Å². The van der Waals surface area contributed by atoms with Crippen LogP contribution in [0.15, 0.2) is 88.1 Å². The number of amides is 2. The second kappa shape index (κ2) is 9.58. The highest BCUT2D eigenvalue weighted by Gasteiger charge is 2.29. The number of fused-ring (bicyclic) bond motifs is 1. The minimum absolute atomic E-state index is 0.0255. The Bertz CT molecular complexity index is 1440. The van der Waals surface area contributed by atoms with Crippen LogP contribution in [-0.2, 0) is 4.79 Å². The molecule has 1 aliphatic heterocycles. The number of piperidine rings is 1. The molecule has 6 heteroatoms. The zero-order valence-corrected chi connectivity index (χ0v) is 19.5. The number of likely N-dealkylation sites (tertiary alicyclic amines) is 1. The minimum Gasteiger partial charge on any atom is -0.455 e. The van der Waals surface area contributed by atoms with Gasteiger partial charge in [0.1, 0.15) is 5.76 Å². The third-order valence-electron chi connectivity index (χ3n) is 6.61. The molecule has 2 heterocycles. The van der Waals surface area contributed by atoms with Crippen LogP contribution >= 0.6 is 0 Å². The molecule has 35 heavy (non-hydrogen) atoms. The normalized spacial score (nSPS) is 14.1. The summed E-state index contributed by atoms with van der Waals surface area (Å²) in [6.07, 6.45) is 1.15. The SMILES string of the molecule is Cc1c(-c2ccccc2)oc2c(C(=O)N3CCC(C(=O)Nc4ccccc4)CC3)cccc2c1=O. The maximum Gasteiger partial charge on any atom is 0.257 e. The number of nitrogens with zero attached hydrogens (tertiary/aromatic N) is 1. The second-order valence-corrected chi connectivity index (χ2v) is 8.86. The third kappa shape index (κ3) is 4.47. The number of carbonyl (C=O) groups is 2. The topological polar surface area (TPSA) is 79.6 Å². The van der Waals surface area contributed by atoms with Gasteiger partial charge < -0.3 is 14.6 Å². The van der Waals surface area contributed by atoms with E-state index in [0.29, 0.717) is 53.8 Å². The van der Waals surface area contributed by atoms with E-state index in [0.717, 1.165) is 11.3 Å². The molecule has 2 amide bonds. The standard InChI is InChI=1S/C29H26N2O4/c1-19-25(32)23-13-8-14-24(27(23)35-26(19)20-9-4-2-5-10-20)29(34)31-17-15-21(16-18-31)28(33)30-22-11-6-3-7-12-22/h2-14,21H,15-18H2,1H3,(H,30,33). The van der Waals surface area contributed by atoms with E-state index < -0.39 is 0 Å². The molecule has 176 valence electrons. The van der Waals surface area contributed by atoms with Crippen molar-refractivity contribution in [3.05, 3.63) is 100 Å². The lowest BCUT2D eigenvalue weighted by Crippen LogP contribution is -2.41. The Labute approximate surface area is 203 Å². The fraction of sp³-hybridized carbons (Fsp3) is 0.207. The van der Waals surface area contributed by atoms with Crippen LogP contribution in [0.3, 0.4) is 0 Å². The summed E-state index contributed by atoms with van der Waals surface area (Å²) in [5, 5.41) is 3.35. The van der Waals surface area contributed by atoms with Gasteiger partial charge in [-0.25, -0.2) is 0 Å². The van der Waals surface area contributed by atoms with E-state index in [4.69, 9.17) is 4.42 Å². The minimum atomic E-state index is -0.191. The monoisotopic (exact) mass is 466 g/mol. The van der Waals surface area contributed by atoms with Crippen LogP contribution in [-0.4, -0.2) is 29.8 Å². The van der Waals surface area contributed by atoms with Crippen molar-refractivity contribution >= 4 is 28.5 Å². The van der Waals surface area contributed by atoms with Crippen molar-refractivity contribution in [2.75, 3.05) is 18.4 Å². The van der Waals surface area contributed by atoms with Gasteiger partial charge in [0.15, 0.2) is 11.0 Å². The third-order valence-corrected chi connectivity index (χ3v) is 6.61. The number of para-hydroxylation sites is 2. The maximum absolute atomic E-state index is 13.5. The number of benzene rings is 3. The summed E-state index contributed by atoms with van der Waals surface area (Å²) >= 11 is 0. The van der Waals surface area contributed by atoms with Crippen molar-refractivity contribution in [2.24, 2.45) is 5.92 Å². The molecule has 0 bridgehead atoms. The summed E-state index contributed by atoms with van der Waals surface area (Å²) in [6.45, 7) is 2.67. The Hall–Kier alpha value is -4.19. The molecule has 4 aromatic rings. The summed E-state index contributed by atoms with van der Waals surface area (Å²) in [6, 6.07) is 23.9. The maximum atomic E-state index is 13.5. The van der Waals surface area contributed by atoms with Crippen molar-refractivity contribution in [3.63, 3.8) is 0 Å². The van der Waals surface area contributed by atoms with Gasteiger partial charge in [-0.05, 0) is 44.0 Å².